The van der Waals surface area contributed by atoms with Crippen LogP contribution in [0.2, 0.25) is 0 Å². The molecule has 0 aromatic heterocycles. The van der Waals surface area contributed by atoms with Crippen LogP contribution in [0.5, 0.6) is 11.5 Å². The largest absolute Gasteiger partial charge is 0.507 e. The van der Waals surface area contributed by atoms with Gasteiger partial charge in [-0.1, -0.05) is 18.2 Å². The lowest BCUT2D eigenvalue weighted by Gasteiger charge is -2.47. The third-order valence-corrected chi connectivity index (χ3v) is 5.96. The number of carbonyl (C=O) groups is 2. The smallest absolute Gasteiger partial charge is 0.303 e. The summed E-state index contributed by atoms with van der Waals surface area (Å²) in [5, 5.41) is 49.1. The molecule has 1 heterocycles. The minimum absolute atomic E-state index is 0.116. The zero-order chi connectivity index (χ0) is 26.5. The Morgan fingerprint density at radius 3 is 2.56 bits per heavy atom. The molecule has 1 aliphatic carbocycles. The van der Waals surface area contributed by atoms with E-state index in [2.05, 4.69) is 9.78 Å². The van der Waals surface area contributed by atoms with Crippen LogP contribution in [0.15, 0.2) is 54.3 Å². The number of aliphatic hydroxyl groups is 2. The molecule has 0 bridgehead atoms. The van der Waals surface area contributed by atoms with Crippen LogP contribution in [-0.4, -0.2) is 81.3 Å². The molecular formula is C24H28O12. The quantitative estimate of drug-likeness (QED) is 0.133. The number of aliphatic hydroxyl groups excluding tert-OH is 2. The first kappa shape index (κ1) is 27.5. The average molecular weight is 508 g/mol. The molecule has 196 valence electrons. The monoisotopic (exact) mass is 508 g/mol. The maximum Gasteiger partial charge on any atom is 0.303 e. The van der Waals surface area contributed by atoms with Gasteiger partial charge in [0.2, 0.25) is 5.78 Å². The van der Waals surface area contributed by atoms with Gasteiger partial charge in [0.15, 0.2) is 18.0 Å². The highest BCUT2D eigenvalue weighted by Crippen LogP contribution is 2.39. The van der Waals surface area contributed by atoms with Crippen LogP contribution in [0.4, 0.5) is 0 Å². The molecule has 0 saturated carbocycles. The van der Waals surface area contributed by atoms with Crippen molar-refractivity contribution in [2.45, 2.75) is 43.5 Å². The van der Waals surface area contributed by atoms with Crippen LogP contribution in [0.1, 0.15) is 23.7 Å². The Morgan fingerprint density at radius 1 is 1.25 bits per heavy atom. The van der Waals surface area contributed by atoms with Crippen LogP contribution in [0, 0.1) is 5.92 Å². The van der Waals surface area contributed by atoms with Crippen LogP contribution < -0.4 is 4.74 Å². The van der Waals surface area contributed by atoms with Gasteiger partial charge in [-0.2, -0.15) is 0 Å². The van der Waals surface area contributed by atoms with E-state index in [0.29, 0.717) is 12.2 Å². The Bertz CT molecular complexity index is 1050. The van der Waals surface area contributed by atoms with E-state index < -0.39 is 54.1 Å². The maximum atomic E-state index is 13.1. The first-order chi connectivity index (χ1) is 17.2. The standard InChI is InChI=1S/C24H28O12/c1-13(26)24(23(36-31)22(35-30)21(29)19(12-25)34-24)33-18-5-3-4-16(27)20(18)17(28)11-8-14-6-9-15(32-2)10-7-14/h3-6,8-11,14,19,21-23,25,27,29-31H,7,12H2,1-2H3/t14?,19-,21-,22+,23-,24-/m1/s1. The normalized spacial score (nSPS) is 30.2. The van der Waals surface area contributed by atoms with E-state index in [-0.39, 0.29) is 17.2 Å². The highest BCUT2D eigenvalue weighted by Gasteiger charge is 2.62. The fourth-order valence-corrected chi connectivity index (χ4v) is 4.02. The summed E-state index contributed by atoms with van der Waals surface area (Å²) in [6.07, 6.45) is 1.85. The molecule has 2 aliphatic rings. The molecule has 36 heavy (non-hydrogen) atoms. The van der Waals surface area contributed by atoms with E-state index in [4.69, 9.17) is 14.2 Å². The molecule has 1 saturated heterocycles. The van der Waals surface area contributed by atoms with Crippen molar-refractivity contribution in [3.05, 3.63) is 59.9 Å². The second-order valence-corrected chi connectivity index (χ2v) is 8.19. The zero-order valence-electron chi connectivity index (χ0n) is 19.5. The first-order valence-electron chi connectivity index (χ1n) is 11.0. The van der Waals surface area contributed by atoms with E-state index in [1.807, 2.05) is 12.2 Å². The second kappa shape index (κ2) is 11.8. The first-order valence-corrected chi connectivity index (χ1v) is 11.0. The highest BCUT2D eigenvalue weighted by atomic mass is 17.1. The molecular weight excluding hydrogens is 480 g/mol. The fraction of sp³-hybridized carbons (Fsp3) is 0.417. The number of ether oxygens (including phenoxy) is 3. The molecule has 0 spiro atoms. The molecule has 1 aromatic rings. The van der Waals surface area contributed by atoms with E-state index in [1.54, 1.807) is 19.3 Å². The van der Waals surface area contributed by atoms with Crippen molar-refractivity contribution < 1.29 is 59.4 Å². The Kier molecular flexibility index (Phi) is 8.98. The summed E-state index contributed by atoms with van der Waals surface area (Å²) < 4.78 is 16.4. The summed E-state index contributed by atoms with van der Waals surface area (Å²) in [5.74, 6) is -4.45. The number of phenols is 1. The molecule has 0 radical (unpaired) electrons. The Morgan fingerprint density at radius 2 is 2.00 bits per heavy atom. The number of allylic oxidation sites excluding steroid dienone is 5. The Balaban J connectivity index is 1.97. The van der Waals surface area contributed by atoms with Gasteiger partial charge < -0.3 is 29.5 Å². The molecule has 1 unspecified atom stereocenters. The third-order valence-electron chi connectivity index (χ3n) is 5.96. The number of Topliss-reactive ketones (excluding diaryl/α,β-unsaturated/α-hetero) is 1. The second-order valence-electron chi connectivity index (χ2n) is 8.19. The van der Waals surface area contributed by atoms with E-state index in [0.717, 1.165) is 6.92 Å². The van der Waals surface area contributed by atoms with Crippen molar-refractivity contribution in [1.29, 1.82) is 0 Å². The Labute approximate surface area is 206 Å². The van der Waals surface area contributed by atoms with Crippen molar-refractivity contribution in [2.75, 3.05) is 13.7 Å². The molecule has 12 nitrogen and oxygen atoms in total. The van der Waals surface area contributed by atoms with Crippen molar-refractivity contribution in [3.8, 4) is 11.5 Å². The van der Waals surface area contributed by atoms with Gasteiger partial charge in [-0.15, -0.1) is 0 Å². The predicted octanol–water partition coefficient (Wildman–Crippen LogP) is 1.37. The van der Waals surface area contributed by atoms with Gasteiger partial charge in [0.05, 0.1) is 13.7 Å². The average Bonchev–Trinajstić information content (AvgIpc) is 2.88. The highest BCUT2D eigenvalue weighted by molar-refractivity contribution is 6.08. The molecule has 1 aliphatic heterocycles. The minimum Gasteiger partial charge on any atom is -0.507 e. The van der Waals surface area contributed by atoms with Crippen molar-refractivity contribution in [3.63, 3.8) is 0 Å². The summed E-state index contributed by atoms with van der Waals surface area (Å²) in [6.45, 7) is 0.161. The van der Waals surface area contributed by atoms with Crippen molar-refractivity contribution in [1.82, 2.24) is 0 Å². The van der Waals surface area contributed by atoms with Gasteiger partial charge >= 0.3 is 5.79 Å². The van der Waals surface area contributed by atoms with Gasteiger partial charge in [0.1, 0.15) is 35.0 Å². The molecule has 1 fully saturated rings. The maximum absolute atomic E-state index is 13.1. The molecule has 1 aromatic carbocycles. The van der Waals surface area contributed by atoms with E-state index in [1.165, 1.54) is 24.3 Å². The lowest BCUT2D eigenvalue weighted by molar-refractivity contribution is -0.438. The molecule has 0 amide bonds. The summed E-state index contributed by atoms with van der Waals surface area (Å²) in [4.78, 5) is 34.3. The number of carbonyl (C=O) groups excluding carboxylic acids is 2. The summed E-state index contributed by atoms with van der Waals surface area (Å²) in [6, 6.07) is 3.81. The number of phenolic OH excluding ortho intramolecular Hbond substituents is 1. The zero-order valence-corrected chi connectivity index (χ0v) is 19.5. The van der Waals surface area contributed by atoms with Crippen LogP contribution in [-0.2, 0) is 24.0 Å². The number of benzene rings is 1. The van der Waals surface area contributed by atoms with Crippen LogP contribution in [0.25, 0.3) is 0 Å². The number of aromatic hydroxyl groups is 1. The number of ketones is 2. The number of hydrogen-bond acceptors (Lipinski definition) is 12. The van der Waals surface area contributed by atoms with Crippen molar-refractivity contribution >= 4 is 11.6 Å². The van der Waals surface area contributed by atoms with Crippen molar-refractivity contribution in [2.24, 2.45) is 5.92 Å². The lowest BCUT2D eigenvalue weighted by atomic mass is 9.90. The SMILES string of the molecule is COC1=CCC(C=CC(=O)c2c(O)cccc2O[C@]2(C(C)=O)O[C@H](CO)[C@@H](O)[C@H](OO)[C@H]2OO)C=C1. The van der Waals surface area contributed by atoms with Gasteiger partial charge in [0, 0.05) is 6.92 Å². The van der Waals surface area contributed by atoms with Crippen LogP contribution >= 0.6 is 0 Å². The summed E-state index contributed by atoms with van der Waals surface area (Å²) in [5.41, 5.74) is -0.337. The number of rotatable bonds is 10. The summed E-state index contributed by atoms with van der Waals surface area (Å²) in [7, 11) is 1.55. The minimum atomic E-state index is -2.60. The Hall–Kier alpha value is -3.10. The van der Waals surface area contributed by atoms with Gasteiger partial charge in [-0.3, -0.25) is 20.1 Å². The molecule has 3 rings (SSSR count). The summed E-state index contributed by atoms with van der Waals surface area (Å²) >= 11 is 0. The topological polar surface area (TPSA) is 181 Å². The molecule has 12 heteroatoms. The molecule has 5 N–H and O–H groups in total. The lowest BCUT2D eigenvalue weighted by Crippen LogP contribution is -2.71. The van der Waals surface area contributed by atoms with E-state index >= 15 is 0 Å². The van der Waals surface area contributed by atoms with Crippen LogP contribution in [0.3, 0.4) is 0 Å². The molecule has 6 atom stereocenters. The number of hydrogen-bond donors (Lipinski definition) is 5. The van der Waals surface area contributed by atoms with Gasteiger partial charge in [0.25, 0.3) is 0 Å². The van der Waals surface area contributed by atoms with Gasteiger partial charge in [-0.25, -0.2) is 9.78 Å². The van der Waals surface area contributed by atoms with E-state index in [9.17, 15) is 35.4 Å². The third kappa shape index (κ3) is 5.34. The predicted molar refractivity (Wildman–Crippen MR) is 121 cm³/mol. The van der Waals surface area contributed by atoms with Gasteiger partial charge in [-0.05, 0) is 42.7 Å². The fourth-order valence-electron chi connectivity index (χ4n) is 4.02. The number of methoxy groups -OCH3 is 1.